The number of para-hydroxylation sites is 1. The van der Waals surface area contributed by atoms with E-state index in [9.17, 15) is 19.2 Å². The van der Waals surface area contributed by atoms with Gasteiger partial charge in [-0.2, -0.15) is 19.9 Å². The molecular formula is C109H134N28O5. The van der Waals surface area contributed by atoms with Crippen LogP contribution in [-0.2, 0) is 0 Å². The Kier molecular flexibility index (Phi) is 33.9. The van der Waals surface area contributed by atoms with Gasteiger partial charge in [0.2, 0.25) is 23.8 Å². The van der Waals surface area contributed by atoms with Crippen molar-refractivity contribution in [1.29, 1.82) is 0 Å². The molecule has 19 rings (SSSR count). The first kappa shape index (κ1) is 99.9. The lowest BCUT2D eigenvalue weighted by molar-refractivity contribution is 0.0949. The van der Waals surface area contributed by atoms with Crippen LogP contribution in [-0.4, -0.2) is 201 Å². The number of ether oxygens (including phenoxy) is 1. The van der Waals surface area contributed by atoms with E-state index < -0.39 is 0 Å². The summed E-state index contributed by atoms with van der Waals surface area (Å²) in [5.41, 5.74) is 17.4. The summed E-state index contributed by atoms with van der Waals surface area (Å²) >= 11 is 0. The molecule has 0 bridgehead atoms. The number of aromatic nitrogens is 12. The lowest BCUT2D eigenvalue weighted by Crippen LogP contribution is -2.43. The zero-order chi connectivity index (χ0) is 99.0. The third-order valence-corrected chi connectivity index (χ3v) is 26.8. The molecule has 12 heterocycles. The third kappa shape index (κ3) is 24.3. The van der Waals surface area contributed by atoms with E-state index in [0.717, 1.165) is 246 Å². The van der Waals surface area contributed by atoms with Crippen molar-refractivity contribution in [3.8, 4) is 5.75 Å². The fraction of sp³-hybridized carbons (Fsp3) is 0.358. The van der Waals surface area contributed by atoms with Crippen LogP contribution in [0.4, 0.5) is 86.4 Å². The number of carbonyl (C=O) groups excluding carboxylic acids is 4. The Labute approximate surface area is 830 Å². The van der Waals surface area contributed by atoms with Crippen molar-refractivity contribution in [1.82, 2.24) is 84.7 Å². The number of anilines is 15. The number of carbonyl (C=O) groups is 4. The quantitative estimate of drug-likeness (QED) is 0.0186. The number of hydrogen-bond acceptors (Lipinski definition) is 25. The van der Waals surface area contributed by atoms with Crippen LogP contribution >= 0.6 is 0 Å². The minimum atomic E-state index is -0.182. The summed E-state index contributed by atoms with van der Waals surface area (Å²) in [6.07, 6.45) is 14.3. The van der Waals surface area contributed by atoms with E-state index in [4.69, 9.17) is 24.7 Å². The van der Waals surface area contributed by atoms with Crippen molar-refractivity contribution in [3.63, 3.8) is 0 Å². The Balaban J connectivity index is 0.000000136. The zero-order valence-corrected chi connectivity index (χ0v) is 83.3. The second-order valence-corrected chi connectivity index (χ2v) is 35.9. The maximum atomic E-state index is 13.4. The molecule has 4 fully saturated rings. The molecule has 4 saturated heterocycles. The number of aryl methyl sites for hydroxylation is 1. The topological polar surface area (TPSA) is 358 Å². The van der Waals surface area contributed by atoms with Gasteiger partial charge in [-0.3, -0.25) is 19.2 Å². The molecule has 12 N–H and O–H groups in total. The highest BCUT2D eigenvalue weighted by atomic mass is 16.5. The number of benzene rings is 7. The number of piperazine rings is 4. The summed E-state index contributed by atoms with van der Waals surface area (Å²) in [5.74, 6) is 2.20. The van der Waals surface area contributed by atoms with E-state index in [1.165, 1.54) is 22.7 Å². The van der Waals surface area contributed by atoms with Gasteiger partial charge >= 0.3 is 0 Å². The Hall–Kier alpha value is -15.1. The van der Waals surface area contributed by atoms with Crippen molar-refractivity contribution in [2.45, 2.75) is 138 Å². The number of fused-ring (bicyclic) bond motifs is 4. The summed E-state index contributed by atoms with van der Waals surface area (Å²) in [5, 5.41) is 42.1. The molecule has 0 atom stereocenters. The summed E-state index contributed by atoms with van der Waals surface area (Å²) in [6.45, 7) is 35.3. The number of nitrogens with zero attached hydrogens (tertiary/aromatic N) is 16. The summed E-state index contributed by atoms with van der Waals surface area (Å²) in [7, 11) is 3.27. The lowest BCUT2D eigenvalue weighted by Gasteiger charge is -2.29. The second kappa shape index (κ2) is 48.2. The van der Waals surface area contributed by atoms with Crippen LogP contribution in [0.1, 0.15) is 178 Å². The molecule has 0 radical (unpaired) electrons. The third-order valence-electron chi connectivity index (χ3n) is 26.8. The monoisotopic (exact) mass is 1920 g/mol. The molecule has 4 aliphatic rings. The molecule has 142 heavy (non-hydrogen) atoms. The smallest absolute Gasteiger partial charge is 0.272 e. The van der Waals surface area contributed by atoms with Gasteiger partial charge in [0, 0.05) is 245 Å². The number of amides is 4. The summed E-state index contributed by atoms with van der Waals surface area (Å²) < 4.78 is 13.5. The van der Waals surface area contributed by atoms with Gasteiger partial charge in [0.25, 0.3) is 23.6 Å². The van der Waals surface area contributed by atoms with Crippen LogP contribution in [0.5, 0.6) is 5.75 Å². The van der Waals surface area contributed by atoms with E-state index in [-0.39, 0.29) is 47.8 Å². The molecule has 740 valence electrons. The first-order chi connectivity index (χ1) is 69.4. The SMILES string of the molecule is CCC(CC)n1c(C(=O)NC)cc2cnc(Nc3ccc(N4CCNCC4)cc3)nc21.CCC(CC)n1c(C(=O)Nc2ccc(C)cc2)cc2cnc(Nc3ccc(N4CCNCC4)cc3)nc21.CCC(CC)n1c(C(=O)Nc2ccc(OC)cc2)cc2cnc(Nc3ccc(N4CCNCC4)cc3)nc21.CCC(CC)n1c(C(=O)Nc2ccccc2)cc2cnc(Nc3ccc(N4CCNCC4)cc3)nc21. The minimum absolute atomic E-state index is 0.108. The predicted octanol–water partition coefficient (Wildman–Crippen LogP) is 19.2. The van der Waals surface area contributed by atoms with Crippen LogP contribution in [0, 0.1) is 6.92 Å². The standard InChI is InChI=1S/C29H35N7O2.C29H35N7O.C28H33N7O.C23H31N7O/c1-4-23(5-2)36-26(28(37)32-21-8-12-25(38-3)13-9-21)18-20-19-31-29(34-27(20)36)33-22-6-10-24(11-7-22)35-16-14-30-15-17-35;1-4-24(5-2)36-26(28(37)32-22-8-6-20(3)7-9-22)18-21-19-31-29(34-27(21)36)33-23-10-12-25(13-11-23)35-16-14-30-15-17-35;1-3-23(4-2)35-25(27(36)31-21-8-6-5-7-9-21)18-20-19-30-28(33-26(20)35)32-22-10-12-24(13-11-22)34-16-14-29-15-17-34;1-4-18(5-2)30-20(22(31)24-3)14-16-15-26-23(28-21(16)30)27-17-6-8-19(9-7-17)29-12-10-25-11-13-29/h6-13,18-19,23,30H,4-5,14-17H2,1-3H3,(H,32,37)(H,31,33,34);6-13,18-19,24,30H,4-5,14-17H2,1-3H3,(H,32,37)(H,31,33,34);5-13,18-19,23,29H,3-4,14-17H2,1-2H3,(H,31,36)(H,30,32,33);6-9,14-15,18,25H,4-5,10-13H2,1-3H3,(H,24,31)(H,26,27,28). The highest BCUT2D eigenvalue weighted by Crippen LogP contribution is 2.36. The van der Waals surface area contributed by atoms with Crippen molar-refractivity contribution >= 4 is 154 Å². The van der Waals surface area contributed by atoms with E-state index in [2.05, 4.69) is 274 Å². The lowest BCUT2D eigenvalue weighted by atomic mass is 10.1. The van der Waals surface area contributed by atoms with Crippen LogP contribution in [0.25, 0.3) is 44.1 Å². The first-order valence-corrected chi connectivity index (χ1v) is 50.2. The van der Waals surface area contributed by atoms with Crippen LogP contribution in [0.3, 0.4) is 0 Å². The predicted molar refractivity (Wildman–Crippen MR) is 576 cm³/mol. The fourth-order valence-corrected chi connectivity index (χ4v) is 18.8. The average Bonchev–Trinajstić information content (AvgIpc) is 1.63. The summed E-state index contributed by atoms with van der Waals surface area (Å²) in [4.78, 5) is 99.5. The van der Waals surface area contributed by atoms with Crippen molar-refractivity contribution < 1.29 is 23.9 Å². The molecule has 0 unspecified atom stereocenters. The Morgan fingerprint density at radius 3 is 0.782 bits per heavy atom. The number of rotatable bonds is 32. The molecule has 0 aliphatic carbocycles. The van der Waals surface area contributed by atoms with Crippen molar-refractivity contribution in [2.24, 2.45) is 0 Å². The van der Waals surface area contributed by atoms with Gasteiger partial charge in [-0.25, -0.2) is 19.9 Å². The van der Waals surface area contributed by atoms with E-state index >= 15 is 0 Å². The molecule has 4 aliphatic heterocycles. The van der Waals surface area contributed by atoms with Crippen LogP contribution in [0.2, 0.25) is 0 Å². The van der Waals surface area contributed by atoms with Gasteiger partial charge in [0.05, 0.1) is 7.11 Å². The maximum Gasteiger partial charge on any atom is 0.272 e. The molecular weight excluding hydrogens is 1780 g/mol. The van der Waals surface area contributed by atoms with Crippen LogP contribution in [0.15, 0.2) is 225 Å². The highest BCUT2D eigenvalue weighted by molar-refractivity contribution is 6.08. The molecule has 33 heteroatoms. The maximum absolute atomic E-state index is 13.4. The molecule has 7 aromatic carbocycles. The molecule has 33 nitrogen and oxygen atoms in total. The van der Waals surface area contributed by atoms with E-state index in [1.54, 1.807) is 38.9 Å². The van der Waals surface area contributed by atoms with Gasteiger partial charge in [-0.05, 0) is 228 Å². The average molecular weight is 1920 g/mol. The van der Waals surface area contributed by atoms with E-state index in [0.29, 0.717) is 52.3 Å². The minimum Gasteiger partial charge on any atom is -0.497 e. The molecule has 8 aromatic heterocycles. The fourth-order valence-electron chi connectivity index (χ4n) is 18.8. The highest BCUT2D eigenvalue weighted by Gasteiger charge is 2.29. The summed E-state index contributed by atoms with van der Waals surface area (Å²) in [6, 6.07) is 66.3. The molecule has 0 saturated carbocycles. The molecule has 4 amide bonds. The molecule has 0 spiro atoms. The van der Waals surface area contributed by atoms with Gasteiger partial charge < -0.3 is 106 Å². The first-order valence-electron chi connectivity index (χ1n) is 50.2. The Morgan fingerprint density at radius 1 is 0.310 bits per heavy atom. The zero-order valence-electron chi connectivity index (χ0n) is 83.3. The Bertz CT molecular complexity index is 6670. The van der Waals surface area contributed by atoms with E-state index in [1.807, 2.05) is 110 Å². The van der Waals surface area contributed by atoms with Crippen molar-refractivity contribution in [2.75, 3.05) is 176 Å². The van der Waals surface area contributed by atoms with Gasteiger partial charge in [0.15, 0.2) is 0 Å². The number of methoxy groups -OCH3 is 1. The van der Waals surface area contributed by atoms with Gasteiger partial charge in [-0.1, -0.05) is 91.3 Å². The Morgan fingerprint density at radius 2 is 0.542 bits per heavy atom. The van der Waals surface area contributed by atoms with Crippen LogP contribution < -0.4 is 88.1 Å². The normalized spacial score (nSPS) is 13.9. The van der Waals surface area contributed by atoms with Crippen molar-refractivity contribution in [3.05, 3.63) is 253 Å². The molecule has 15 aromatic rings. The second-order valence-electron chi connectivity index (χ2n) is 35.9. The number of hydrogen-bond donors (Lipinski definition) is 12. The number of nitrogens with one attached hydrogen (secondary N) is 12. The van der Waals surface area contributed by atoms with Gasteiger partial charge in [0.1, 0.15) is 51.1 Å². The van der Waals surface area contributed by atoms with Gasteiger partial charge in [-0.15, -0.1) is 0 Å². The largest absolute Gasteiger partial charge is 0.497 e.